The molecule has 0 aliphatic carbocycles. The molecule has 1 amide bonds. The van der Waals surface area contributed by atoms with E-state index in [2.05, 4.69) is 10.3 Å². The lowest BCUT2D eigenvalue weighted by Gasteiger charge is -2.25. The fraction of sp³-hybridized carbons (Fsp3) is 0.267. The molecule has 1 atom stereocenters. The number of rotatable bonds is 4. The highest BCUT2D eigenvalue weighted by molar-refractivity contribution is 7.80. The third kappa shape index (κ3) is 2.63. The van der Waals surface area contributed by atoms with Crippen LogP contribution in [0.4, 0.5) is 5.69 Å². The number of nitrogens with two attached hydrogens (primary N) is 1. The molecule has 0 bridgehead atoms. The Kier molecular flexibility index (Phi) is 3.99. The van der Waals surface area contributed by atoms with Crippen LogP contribution in [0, 0.1) is 5.41 Å². The maximum atomic E-state index is 12.3. The zero-order valence-electron chi connectivity index (χ0n) is 11.5. The summed E-state index contributed by atoms with van der Waals surface area (Å²) >= 11 is 5.01. The van der Waals surface area contributed by atoms with Crippen molar-refractivity contribution in [1.82, 2.24) is 4.98 Å². The highest BCUT2D eigenvalue weighted by Gasteiger charge is 2.34. The number of anilines is 1. The second kappa shape index (κ2) is 5.54. The van der Waals surface area contributed by atoms with E-state index in [1.807, 2.05) is 37.3 Å². The number of aromatic nitrogens is 1. The zero-order valence-corrected chi connectivity index (χ0v) is 12.3. The minimum Gasteiger partial charge on any atom is -0.392 e. The monoisotopic (exact) mass is 287 g/mol. The number of thiocarbonyl (C=S) groups is 1. The summed E-state index contributed by atoms with van der Waals surface area (Å²) < 4.78 is 0. The number of nitrogens with zero attached hydrogens (tertiary/aromatic N) is 1. The van der Waals surface area contributed by atoms with Crippen LogP contribution in [-0.4, -0.2) is 15.9 Å². The van der Waals surface area contributed by atoms with E-state index in [-0.39, 0.29) is 10.9 Å². The molecule has 104 valence electrons. The lowest BCUT2D eigenvalue weighted by Crippen LogP contribution is -2.43. The highest BCUT2D eigenvalue weighted by atomic mass is 32.1. The molecular weight excluding hydrogens is 270 g/mol. The fourth-order valence-electron chi connectivity index (χ4n) is 1.87. The van der Waals surface area contributed by atoms with Crippen molar-refractivity contribution in [1.29, 1.82) is 0 Å². The number of hydrogen-bond acceptors (Lipinski definition) is 3. The molecule has 0 saturated carbocycles. The van der Waals surface area contributed by atoms with E-state index in [9.17, 15) is 4.79 Å². The minimum atomic E-state index is -0.834. The quantitative estimate of drug-likeness (QED) is 0.848. The molecule has 0 fully saturated rings. The molecule has 1 aromatic heterocycles. The van der Waals surface area contributed by atoms with Crippen LogP contribution in [0.1, 0.15) is 20.3 Å². The number of fused-ring (bicyclic) bond motifs is 1. The van der Waals surface area contributed by atoms with E-state index >= 15 is 0 Å². The van der Waals surface area contributed by atoms with Gasteiger partial charge in [-0.15, -0.1) is 0 Å². The molecule has 1 unspecified atom stereocenters. The summed E-state index contributed by atoms with van der Waals surface area (Å²) in [6, 6.07) is 9.39. The first-order chi connectivity index (χ1) is 9.47. The lowest BCUT2D eigenvalue weighted by atomic mass is 9.86. The Hall–Kier alpha value is -2.01. The van der Waals surface area contributed by atoms with Crippen LogP contribution in [0.3, 0.4) is 0 Å². The smallest absolute Gasteiger partial charge is 0.237 e. The Morgan fingerprint density at radius 2 is 2.20 bits per heavy atom. The van der Waals surface area contributed by atoms with Crippen molar-refractivity contribution in [2.75, 3.05) is 5.32 Å². The fourth-order valence-corrected chi connectivity index (χ4v) is 2.11. The van der Waals surface area contributed by atoms with Gasteiger partial charge in [0, 0.05) is 17.3 Å². The minimum absolute atomic E-state index is 0.184. The predicted molar refractivity (Wildman–Crippen MR) is 85.6 cm³/mol. The maximum Gasteiger partial charge on any atom is 0.237 e. The van der Waals surface area contributed by atoms with Crippen molar-refractivity contribution in [2.45, 2.75) is 20.3 Å². The van der Waals surface area contributed by atoms with E-state index in [4.69, 9.17) is 18.0 Å². The first-order valence-corrected chi connectivity index (χ1v) is 6.84. The second-order valence-electron chi connectivity index (χ2n) is 4.91. The first-order valence-electron chi connectivity index (χ1n) is 6.43. The summed E-state index contributed by atoms with van der Waals surface area (Å²) in [6.45, 7) is 3.65. The summed E-state index contributed by atoms with van der Waals surface area (Å²) in [5.74, 6) is -0.184. The van der Waals surface area contributed by atoms with Crippen molar-refractivity contribution in [3.8, 4) is 0 Å². The normalized spacial score (nSPS) is 13.7. The second-order valence-corrected chi connectivity index (χ2v) is 5.35. The van der Waals surface area contributed by atoms with Gasteiger partial charge >= 0.3 is 0 Å². The van der Waals surface area contributed by atoms with Gasteiger partial charge in [-0.05, 0) is 37.6 Å². The summed E-state index contributed by atoms with van der Waals surface area (Å²) in [4.78, 5) is 16.8. The molecule has 2 rings (SSSR count). The molecular formula is C15H17N3OS. The molecule has 4 nitrogen and oxygen atoms in total. The van der Waals surface area contributed by atoms with Gasteiger partial charge in [-0.1, -0.05) is 25.2 Å². The Balaban J connectivity index is 2.28. The summed E-state index contributed by atoms with van der Waals surface area (Å²) in [6.07, 6.45) is 2.30. The van der Waals surface area contributed by atoms with Crippen LogP contribution < -0.4 is 11.1 Å². The van der Waals surface area contributed by atoms with Crippen molar-refractivity contribution in [3.63, 3.8) is 0 Å². The largest absolute Gasteiger partial charge is 0.392 e. The van der Waals surface area contributed by atoms with Gasteiger partial charge < -0.3 is 11.1 Å². The number of benzene rings is 1. The predicted octanol–water partition coefficient (Wildman–Crippen LogP) is 2.88. The van der Waals surface area contributed by atoms with Gasteiger partial charge in [-0.25, -0.2) is 0 Å². The summed E-state index contributed by atoms with van der Waals surface area (Å²) in [7, 11) is 0. The molecule has 0 aliphatic rings. The van der Waals surface area contributed by atoms with E-state index < -0.39 is 5.41 Å². The average Bonchev–Trinajstić information content (AvgIpc) is 2.45. The average molecular weight is 287 g/mol. The summed E-state index contributed by atoms with van der Waals surface area (Å²) in [5.41, 5.74) is 6.45. The van der Waals surface area contributed by atoms with Gasteiger partial charge in [0.25, 0.3) is 0 Å². The third-order valence-corrected chi connectivity index (χ3v) is 4.06. The van der Waals surface area contributed by atoms with Gasteiger partial charge in [-0.2, -0.15) is 0 Å². The molecule has 1 heterocycles. The molecule has 5 heteroatoms. The third-order valence-electron chi connectivity index (χ3n) is 3.61. The number of hydrogen-bond donors (Lipinski definition) is 2. The van der Waals surface area contributed by atoms with Gasteiger partial charge in [0.2, 0.25) is 5.91 Å². The van der Waals surface area contributed by atoms with Gasteiger partial charge in [0.15, 0.2) is 0 Å². The van der Waals surface area contributed by atoms with Crippen LogP contribution in [0.2, 0.25) is 0 Å². The number of pyridine rings is 1. The van der Waals surface area contributed by atoms with Crippen LogP contribution in [0.25, 0.3) is 10.9 Å². The number of amides is 1. The molecule has 2 aromatic rings. The molecule has 0 radical (unpaired) electrons. The van der Waals surface area contributed by atoms with Gasteiger partial charge in [0.1, 0.15) is 0 Å². The SMILES string of the molecule is CCC(C)(C(=O)Nc1ccc2ncccc2c1)C(N)=S. The van der Waals surface area contributed by atoms with Crippen molar-refractivity contribution in [2.24, 2.45) is 11.1 Å². The number of carbonyl (C=O) groups excluding carboxylic acids is 1. The number of carbonyl (C=O) groups is 1. The first kappa shape index (κ1) is 14.4. The lowest BCUT2D eigenvalue weighted by molar-refractivity contribution is -0.121. The van der Waals surface area contributed by atoms with E-state index in [0.717, 1.165) is 10.9 Å². The Morgan fingerprint density at radius 1 is 1.45 bits per heavy atom. The molecule has 20 heavy (non-hydrogen) atoms. The van der Waals surface area contributed by atoms with Crippen molar-refractivity contribution < 1.29 is 4.79 Å². The molecule has 1 aromatic carbocycles. The Labute approximate surface area is 123 Å². The highest BCUT2D eigenvalue weighted by Crippen LogP contribution is 2.25. The van der Waals surface area contributed by atoms with Crippen LogP contribution >= 0.6 is 12.2 Å². The maximum absolute atomic E-state index is 12.3. The van der Waals surface area contributed by atoms with Gasteiger partial charge in [0.05, 0.1) is 15.9 Å². The van der Waals surface area contributed by atoms with Crippen molar-refractivity contribution >= 4 is 39.7 Å². The molecule has 0 aliphatic heterocycles. The topological polar surface area (TPSA) is 68.0 Å². The molecule has 0 saturated heterocycles. The Bertz CT molecular complexity index is 671. The van der Waals surface area contributed by atoms with Crippen LogP contribution in [0.15, 0.2) is 36.5 Å². The summed E-state index contributed by atoms with van der Waals surface area (Å²) in [5, 5.41) is 3.84. The van der Waals surface area contributed by atoms with Crippen LogP contribution in [-0.2, 0) is 4.79 Å². The molecule has 3 N–H and O–H groups in total. The zero-order chi connectivity index (χ0) is 14.8. The number of nitrogens with one attached hydrogen (secondary N) is 1. The van der Waals surface area contributed by atoms with E-state index in [1.165, 1.54) is 0 Å². The Morgan fingerprint density at radius 3 is 2.85 bits per heavy atom. The van der Waals surface area contributed by atoms with Gasteiger partial charge in [-0.3, -0.25) is 9.78 Å². The molecule has 0 spiro atoms. The van der Waals surface area contributed by atoms with E-state index in [1.54, 1.807) is 13.1 Å². The van der Waals surface area contributed by atoms with Crippen molar-refractivity contribution in [3.05, 3.63) is 36.5 Å². The van der Waals surface area contributed by atoms with E-state index in [0.29, 0.717) is 12.1 Å². The van der Waals surface area contributed by atoms with Crippen LogP contribution in [0.5, 0.6) is 0 Å². The standard InChI is InChI=1S/C15H17N3OS/c1-3-15(2,13(16)20)14(19)18-11-6-7-12-10(9-11)5-4-8-17-12/h4-9H,3H2,1-2H3,(H2,16,20)(H,18,19).